The molecule has 7 nitrogen and oxygen atoms in total. The Morgan fingerprint density at radius 2 is 1.89 bits per heavy atom. The Labute approximate surface area is 167 Å². The van der Waals surface area contributed by atoms with Gasteiger partial charge in [0.1, 0.15) is 0 Å². The fourth-order valence-electron chi connectivity index (χ4n) is 2.21. The predicted octanol–water partition coefficient (Wildman–Crippen LogP) is 4.02. The zero-order chi connectivity index (χ0) is 19.2. The molecule has 27 heavy (non-hydrogen) atoms. The van der Waals surface area contributed by atoms with Gasteiger partial charge in [0, 0.05) is 4.47 Å². The number of rotatable bonds is 6. The average molecular weight is 448 g/mol. The summed E-state index contributed by atoms with van der Waals surface area (Å²) >= 11 is 4.53. The summed E-state index contributed by atoms with van der Waals surface area (Å²) in [5, 5.41) is 10.9. The number of nitrogens with zero attached hydrogens (tertiary/aromatic N) is 2. The van der Waals surface area contributed by atoms with Gasteiger partial charge in [-0.2, -0.15) is 0 Å². The van der Waals surface area contributed by atoms with Gasteiger partial charge in [0.25, 0.3) is 5.22 Å². The van der Waals surface area contributed by atoms with Crippen molar-refractivity contribution in [1.82, 2.24) is 10.2 Å². The lowest BCUT2D eigenvalue weighted by Gasteiger charge is -2.08. The number of esters is 1. The first-order valence-corrected chi connectivity index (χ1v) is 9.54. The molecule has 0 bridgehead atoms. The van der Waals surface area contributed by atoms with Gasteiger partial charge in [0.2, 0.25) is 11.8 Å². The lowest BCUT2D eigenvalue weighted by Crippen LogP contribution is -2.17. The molecule has 0 saturated carbocycles. The van der Waals surface area contributed by atoms with Crippen molar-refractivity contribution in [3.8, 4) is 11.5 Å². The van der Waals surface area contributed by atoms with E-state index in [-0.39, 0.29) is 22.4 Å². The first-order valence-electron chi connectivity index (χ1n) is 7.77. The quantitative estimate of drug-likeness (QED) is 0.450. The lowest BCUT2D eigenvalue weighted by molar-refractivity contribution is -0.113. The number of hydrogen-bond donors (Lipinski definition) is 1. The van der Waals surface area contributed by atoms with Crippen LogP contribution in [-0.4, -0.2) is 34.9 Å². The van der Waals surface area contributed by atoms with Crippen molar-refractivity contribution in [3.63, 3.8) is 0 Å². The predicted molar refractivity (Wildman–Crippen MR) is 105 cm³/mol. The van der Waals surface area contributed by atoms with Crippen LogP contribution in [0.15, 0.2) is 62.6 Å². The Bertz CT molecular complexity index is 977. The summed E-state index contributed by atoms with van der Waals surface area (Å²) < 4.78 is 11.1. The number of aromatic nitrogens is 2. The van der Waals surface area contributed by atoms with Crippen LogP contribution in [0.4, 0.5) is 5.69 Å². The Kier molecular flexibility index (Phi) is 6.25. The number of carbonyl (C=O) groups excluding carboxylic acids is 2. The van der Waals surface area contributed by atoms with Gasteiger partial charge in [-0.1, -0.05) is 36.0 Å². The first kappa shape index (κ1) is 19.1. The molecule has 9 heteroatoms. The fraction of sp³-hybridized carbons (Fsp3) is 0.111. The molecule has 0 spiro atoms. The van der Waals surface area contributed by atoms with Gasteiger partial charge in [0.15, 0.2) is 0 Å². The maximum Gasteiger partial charge on any atom is 0.339 e. The Morgan fingerprint density at radius 1 is 1.15 bits per heavy atom. The van der Waals surface area contributed by atoms with E-state index in [1.54, 1.807) is 24.3 Å². The van der Waals surface area contributed by atoms with Gasteiger partial charge in [0.05, 0.1) is 29.7 Å². The second-order valence-corrected chi connectivity index (χ2v) is 7.01. The topological polar surface area (TPSA) is 94.3 Å². The van der Waals surface area contributed by atoms with Crippen LogP contribution in [-0.2, 0) is 9.53 Å². The van der Waals surface area contributed by atoms with Crippen molar-refractivity contribution in [3.05, 3.63) is 58.6 Å². The minimum absolute atomic E-state index is 0.0487. The molecule has 3 rings (SSSR count). The number of nitrogens with one attached hydrogen (secondary N) is 1. The van der Waals surface area contributed by atoms with Gasteiger partial charge in [-0.3, -0.25) is 4.79 Å². The summed E-state index contributed by atoms with van der Waals surface area (Å²) in [7, 11) is 1.29. The van der Waals surface area contributed by atoms with Gasteiger partial charge in [-0.05, 0) is 40.2 Å². The number of ether oxygens (including phenoxy) is 1. The van der Waals surface area contributed by atoms with Gasteiger partial charge in [-0.15, -0.1) is 10.2 Å². The normalized spacial score (nSPS) is 10.4. The molecule has 0 atom stereocenters. The summed E-state index contributed by atoms with van der Waals surface area (Å²) in [6.07, 6.45) is 0. The van der Waals surface area contributed by atoms with E-state index in [4.69, 9.17) is 9.15 Å². The molecule has 0 unspecified atom stereocenters. The van der Waals surface area contributed by atoms with Crippen molar-refractivity contribution in [2.45, 2.75) is 5.22 Å². The van der Waals surface area contributed by atoms with Crippen molar-refractivity contribution >= 4 is 45.3 Å². The third-order valence-corrected chi connectivity index (χ3v) is 4.95. The van der Waals surface area contributed by atoms with Crippen LogP contribution in [0.2, 0.25) is 0 Å². The summed E-state index contributed by atoms with van der Waals surface area (Å²) in [6.45, 7) is 0. The SMILES string of the molecule is COC(=O)c1ccccc1NC(=O)CSc1nnc(-c2ccccc2Br)o1. The molecule has 0 saturated heterocycles. The van der Waals surface area contributed by atoms with Gasteiger partial charge >= 0.3 is 5.97 Å². The molecular formula is C18H14BrN3O4S. The number of halogens is 1. The van der Waals surface area contributed by atoms with Crippen LogP contribution in [0.25, 0.3) is 11.5 Å². The number of benzene rings is 2. The van der Waals surface area contributed by atoms with E-state index in [1.165, 1.54) is 7.11 Å². The third-order valence-electron chi connectivity index (χ3n) is 3.44. The highest BCUT2D eigenvalue weighted by Gasteiger charge is 2.15. The maximum atomic E-state index is 12.2. The van der Waals surface area contributed by atoms with Crippen molar-refractivity contribution in [2.24, 2.45) is 0 Å². The molecule has 0 radical (unpaired) electrons. The van der Waals surface area contributed by atoms with E-state index in [1.807, 2.05) is 24.3 Å². The van der Waals surface area contributed by atoms with E-state index in [9.17, 15) is 9.59 Å². The van der Waals surface area contributed by atoms with E-state index >= 15 is 0 Å². The van der Waals surface area contributed by atoms with Crippen LogP contribution in [0.3, 0.4) is 0 Å². The highest BCUT2D eigenvalue weighted by atomic mass is 79.9. The second kappa shape index (κ2) is 8.83. The number of para-hydroxylation sites is 1. The standard InChI is InChI=1S/C18H14BrN3O4S/c1-25-17(24)12-7-3-5-9-14(12)20-15(23)10-27-18-22-21-16(26-18)11-6-2-4-8-13(11)19/h2-9H,10H2,1H3,(H,20,23). The number of thioether (sulfide) groups is 1. The van der Waals surface area contributed by atoms with Crippen molar-refractivity contribution in [1.29, 1.82) is 0 Å². The molecule has 1 amide bonds. The average Bonchev–Trinajstić information content (AvgIpc) is 3.15. The highest BCUT2D eigenvalue weighted by molar-refractivity contribution is 9.10. The zero-order valence-corrected chi connectivity index (χ0v) is 16.5. The highest BCUT2D eigenvalue weighted by Crippen LogP contribution is 2.29. The van der Waals surface area contributed by atoms with Crippen LogP contribution in [0.5, 0.6) is 0 Å². The van der Waals surface area contributed by atoms with Crippen LogP contribution in [0.1, 0.15) is 10.4 Å². The first-order chi connectivity index (χ1) is 13.1. The van der Waals surface area contributed by atoms with Crippen molar-refractivity contribution < 1.29 is 18.7 Å². The summed E-state index contributed by atoms with van der Waals surface area (Å²) in [4.78, 5) is 23.9. The van der Waals surface area contributed by atoms with Crippen LogP contribution < -0.4 is 5.32 Å². The molecule has 3 aromatic rings. The maximum absolute atomic E-state index is 12.2. The monoisotopic (exact) mass is 447 g/mol. The molecule has 1 N–H and O–H groups in total. The molecular weight excluding hydrogens is 434 g/mol. The van der Waals surface area contributed by atoms with Gasteiger partial charge < -0.3 is 14.5 Å². The zero-order valence-electron chi connectivity index (χ0n) is 14.1. The van der Waals surface area contributed by atoms with E-state index in [0.717, 1.165) is 21.8 Å². The minimum atomic E-state index is -0.520. The molecule has 0 fully saturated rings. The van der Waals surface area contributed by atoms with Crippen LogP contribution in [0, 0.1) is 0 Å². The Hall–Kier alpha value is -2.65. The molecule has 1 aromatic heterocycles. The molecule has 0 aliphatic rings. The molecule has 0 aliphatic heterocycles. The molecule has 1 heterocycles. The number of amides is 1. The molecule has 138 valence electrons. The number of methoxy groups -OCH3 is 1. The van der Waals surface area contributed by atoms with Crippen LogP contribution >= 0.6 is 27.7 Å². The Morgan fingerprint density at radius 3 is 2.67 bits per heavy atom. The fourth-order valence-corrected chi connectivity index (χ4v) is 3.22. The number of carbonyl (C=O) groups is 2. The number of hydrogen-bond acceptors (Lipinski definition) is 7. The van der Waals surface area contributed by atoms with E-state index in [0.29, 0.717) is 11.6 Å². The van der Waals surface area contributed by atoms with E-state index in [2.05, 4.69) is 31.4 Å². The summed E-state index contributed by atoms with van der Waals surface area (Å²) in [6, 6.07) is 14.1. The Balaban J connectivity index is 1.62. The minimum Gasteiger partial charge on any atom is -0.465 e. The van der Waals surface area contributed by atoms with Crippen molar-refractivity contribution in [2.75, 3.05) is 18.2 Å². The summed E-state index contributed by atoms with van der Waals surface area (Å²) in [5.74, 6) is -0.417. The number of anilines is 1. The molecule has 2 aromatic carbocycles. The third kappa shape index (κ3) is 4.75. The van der Waals surface area contributed by atoms with Gasteiger partial charge in [-0.25, -0.2) is 4.79 Å². The molecule has 0 aliphatic carbocycles. The second-order valence-electron chi connectivity index (χ2n) is 5.23. The van der Waals surface area contributed by atoms with E-state index < -0.39 is 5.97 Å². The summed E-state index contributed by atoms with van der Waals surface area (Å²) in [5.41, 5.74) is 1.44. The largest absolute Gasteiger partial charge is 0.465 e. The lowest BCUT2D eigenvalue weighted by atomic mass is 10.2. The smallest absolute Gasteiger partial charge is 0.339 e.